The quantitative estimate of drug-likeness (QED) is 0.371. The van der Waals surface area contributed by atoms with Crippen molar-refractivity contribution in [1.29, 1.82) is 0 Å². The molecule has 0 aromatic carbocycles. The number of aliphatic carboxylic acids is 1. The number of rotatable bonds is 8. The maximum Gasteiger partial charge on any atom is 0.353 e. The lowest BCUT2D eigenvalue weighted by molar-refractivity contribution is -0.383. The summed E-state index contributed by atoms with van der Waals surface area (Å²) in [6.07, 6.45) is 3.04. The van der Waals surface area contributed by atoms with Crippen LogP contribution in [0, 0.1) is 16.0 Å². The summed E-state index contributed by atoms with van der Waals surface area (Å²) >= 11 is 0. The van der Waals surface area contributed by atoms with Crippen LogP contribution in [0.25, 0.3) is 0 Å². The third-order valence-electron chi connectivity index (χ3n) is 5.18. The minimum atomic E-state index is -0.820. The van der Waals surface area contributed by atoms with Crippen molar-refractivity contribution < 1.29 is 19.6 Å². The number of hydrogen-bond acceptors (Lipinski definition) is 9. The van der Waals surface area contributed by atoms with E-state index in [0.29, 0.717) is 32.5 Å². The zero-order valence-electron chi connectivity index (χ0n) is 15.7. The first-order chi connectivity index (χ1) is 13.6. The predicted molar refractivity (Wildman–Crippen MR) is 102 cm³/mol. The Morgan fingerprint density at radius 3 is 2.64 bits per heavy atom. The molecule has 0 spiro atoms. The Hall–Kier alpha value is -2.53. The summed E-state index contributed by atoms with van der Waals surface area (Å²) in [5.74, 6) is -0.772. The third-order valence-corrected chi connectivity index (χ3v) is 5.18. The van der Waals surface area contributed by atoms with Gasteiger partial charge in [-0.3, -0.25) is 19.8 Å². The van der Waals surface area contributed by atoms with Gasteiger partial charge in [-0.05, 0) is 25.8 Å². The fraction of sp³-hybridized carbons (Fsp3) is 0.706. The zero-order chi connectivity index (χ0) is 19.9. The highest BCUT2D eigenvalue weighted by atomic mass is 16.6. The Labute approximate surface area is 162 Å². The molecule has 0 bridgehead atoms. The monoisotopic (exact) mass is 394 g/mol. The number of hydrogen-bond donors (Lipinski definition) is 2. The van der Waals surface area contributed by atoms with Crippen LogP contribution in [0.5, 0.6) is 0 Å². The average Bonchev–Trinajstić information content (AvgIpc) is 2.71. The van der Waals surface area contributed by atoms with Crippen molar-refractivity contribution in [3.63, 3.8) is 0 Å². The highest BCUT2D eigenvalue weighted by Crippen LogP contribution is 2.34. The first kappa shape index (κ1) is 20.2. The lowest BCUT2D eigenvalue weighted by atomic mass is 9.97. The Balaban J connectivity index is 1.61. The number of aromatic nitrogens is 2. The number of ether oxygens (including phenoxy) is 1. The lowest BCUT2D eigenvalue weighted by Crippen LogP contribution is -2.37. The number of nitro groups is 1. The minimum Gasteiger partial charge on any atom is -0.481 e. The molecule has 0 aliphatic carbocycles. The van der Waals surface area contributed by atoms with Crippen molar-refractivity contribution in [2.24, 2.45) is 5.92 Å². The van der Waals surface area contributed by atoms with E-state index < -0.39 is 16.8 Å². The van der Waals surface area contributed by atoms with Crippen LogP contribution in [-0.2, 0) is 9.53 Å². The van der Waals surface area contributed by atoms with E-state index in [9.17, 15) is 14.9 Å². The van der Waals surface area contributed by atoms with Crippen molar-refractivity contribution in [3.05, 3.63) is 16.4 Å². The number of anilines is 2. The number of carboxylic acids is 1. The van der Waals surface area contributed by atoms with Crippen molar-refractivity contribution in [2.45, 2.75) is 19.3 Å². The fourth-order valence-corrected chi connectivity index (χ4v) is 3.57. The molecule has 154 valence electrons. The number of carbonyl (C=O) groups is 1. The molecule has 3 rings (SSSR count). The van der Waals surface area contributed by atoms with Crippen LogP contribution in [0.2, 0.25) is 0 Å². The molecule has 2 N–H and O–H groups in total. The topological polar surface area (TPSA) is 134 Å². The third kappa shape index (κ3) is 5.04. The molecule has 0 saturated carbocycles. The molecule has 11 nitrogen and oxygen atoms in total. The molecule has 1 aromatic rings. The highest BCUT2D eigenvalue weighted by Gasteiger charge is 2.31. The van der Waals surface area contributed by atoms with Gasteiger partial charge < -0.3 is 20.1 Å². The van der Waals surface area contributed by atoms with E-state index in [2.05, 4.69) is 20.2 Å². The van der Waals surface area contributed by atoms with Gasteiger partial charge in [-0.15, -0.1) is 0 Å². The summed E-state index contributed by atoms with van der Waals surface area (Å²) in [6.45, 7) is 5.60. The minimum absolute atomic E-state index is 0.150. The van der Waals surface area contributed by atoms with Gasteiger partial charge in [0.2, 0.25) is 11.6 Å². The lowest BCUT2D eigenvalue weighted by Gasteiger charge is -2.30. The molecule has 0 unspecified atom stereocenters. The summed E-state index contributed by atoms with van der Waals surface area (Å²) in [5.41, 5.74) is -0.150. The maximum atomic E-state index is 11.7. The standard InChI is InChI=1S/C17H26N6O5/c24-17(25)13-2-6-22(7-3-13)16-14(23(26)27)15(19-12-20-16)18-4-1-5-21-8-10-28-11-9-21/h12-13H,1-11H2,(H,24,25)(H,18,19,20). The summed E-state index contributed by atoms with van der Waals surface area (Å²) in [7, 11) is 0. The Morgan fingerprint density at radius 2 is 2.00 bits per heavy atom. The highest BCUT2D eigenvalue weighted by molar-refractivity contribution is 5.72. The summed E-state index contributed by atoms with van der Waals surface area (Å²) in [4.78, 5) is 34.6. The molecule has 11 heteroatoms. The predicted octanol–water partition coefficient (Wildman–Crippen LogP) is 0.820. The molecular formula is C17H26N6O5. The average molecular weight is 394 g/mol. The number of nitrogens with one attached hydrogen (secondary N) is 1. The SMILES string of the molecule is O=C(O)C1CCN(c2ncnc(NCCCN3CCOCC3)c2[N+](=O)[O-])CC1. The molecule has 0 atom stereocenters. The largest absolute Gasteiger partial charge is 0.481 e. The van der Waals surface area contributed by atoms with Crippen LogP contribution in [0.4, 0.5) is 17.3 Å². The van der Waals surface area contributed by atoms with E-state index in [4.69, 9.17) is 9.84 Å². The maximum absolute atomic E-state index is 11.7. The van der Waals surface area contributed by atoms with E-state index >= 15 is 0 Å². The van der Waals surface area contributed by atoms with Crippen molar-refractivity contribution in [1.82, 2.24) is 14.9 Å². The first-order valence-corrected chi connectivity index (χ1v) is 9.57. The second kappa shape index (κ2) is 9.60. The molecule has 2 fully saturated rings. The van der Waals surface area contributed by atoms with Crippen LogP contribution < -0.4 is 10.2 Å². The van der Waals surface area contributed by atoms with Gasteiger partial charge in [0.25, 0.3) is 0 Å². The number of morpholine rings is 1. The summed E-state index contributed by atoms with van der Waals surface area (Å²) < 4.78 is 5.32. The Kier molecular flexibility index (Phi) is 6.93. The Morgan fingerprint density at radius 1 is 1.29 bits per heavy atom. The molecule has 2 aliphatic rings. The van der Waals surface area contributed by atoms with Gasteiger partial charge in [0, 0.05) is 32.7 Å². The second-order valence-corrected chi connectivity index (χ2v) is 6.99. The summed E-state index contributed by atoms with van der Waals surface area (Å²) in [6, 6.07) is 0. The van der Waals surface area contributed by atoms with Gasteiger partial charge in [0.1, 0.15) is 6.33 Å². The normalized spacial score (nSPS) is 18.8. The van der Waals surface area contributed by atoms with Crippen LogP contribution in [-0.4, -0.2) is 83.3 Å². The molecule has 2 aliphatic heterocycles. The number of piperidine rings is 1. The van der Waals surface area contributed by atoms with Crippen molar-refractivity contribution in [2.75, 3.05) is 62.7 Å². The Bertz CT molecular complexity index is 689. The van der Waals surface area contributed by atoms with E-state index in [1.54, 1.807) is 4.90 Å². The number of carboxylic acid groups (broad SMARTS) is 1. The van der Waals surface area contributed by atoms with Gasteiger partial charge in [-0.25, -0.2) is 9.97 Å². The van der Waals surface area contributed by atoms with Gasteiger partial charge in [-0.1, -0.05) is 0 Å². The summed E-state index contributed by atoms with van der Waals surface area (Å²) in [5, 5.41) is 23.9. The molecule has 3 heterocycles. The van der Waals surface area contributed by atoms with E-state index in [1.807, 2.05) is 0 Å². The zero-order valence-corrected chi connectivity index (χ0v) is 15.7. The van der Waals surface area contributed by atoms with E-state index in [0.717, 1.165) is 39.3 Å². The molecule has 1 aromatic heterocycles. The number of nitrogens with zero attached hydrogens (tertiary/aromatic N) is 5. The van der Waals surface area contributed by atoms with E-state index in [1.165, 1.54) is 6.33 Å². The molecular weight excluding hydrogens is 368 g/mol. The van der Waals surface area contributed by atoms with Gasteiger partial charge in [0.15, 0.2) is 0 Å². The molecule has 2 saturated heterocycles. The van der Waals surface area contributed by atoms with Crippen LogP contribution >= 0.6 is 0 Å². The van der Waals surface area contributed by atoms with Gasteiger partial charge >= 0.3 is 11.7 Å². The van der Waals surface area contributed by atoms with E-state index in [-0.39, 0.29) is 17.3 Å². The first-order valence-electron chi connectivity index (χ1n) is 9.57. The van der Waals surface area contributed by atoms with Crippen LogP contribution in [0.3, 0.4) is 0 Å². The van der Waals surface area contributed by atoms with Gasteiger partial charge in [0.05, 0.1) is 24.1 Å². The van der Waals surface area contributed by atoms with Crippen LogP contribution in [0.1, 0.15) is 19.3 Å². The van der Waals surface area contributed by atoms with Crippen LogP contribution in [0.15, 0.2) is 6.33 Å². The molecule has 28 heavy (non-hydrogen) atoms. The van der Waals surface area contributed by atoms with Crippen molar-refractivity contribution in [3.8, 4) is 0 Å². The molecule has 0 radical (unpaired) electrons. The van der Waals surface area contributed by atoms with Gasteiger partial charge in [-0.2, -0.15) is 0 Å². The smallest absolute Gasteiger partial charge is 0.353 e. The molecule has 0 amide bonds. The van der Waals surface area contributed by atoms with Crippen molar-refractivity contribution >= 4 is 23.3 Å². The fourth-order valence-electron chi connectivity index (χ4n) is 3.57. The second-order valence-electron chi connectivity index (χ2n) is 6.99.